The molecular weight excluding hydrogens is 278 g/mol. The number of hydrogen-bond donors (Lipinski definition) is 1. The summed E-state index contributed by atoms with van der Waals surface area (Å²) < 4.78 is 6.67. The van der Waals surface area contributed by atoms with Gasteiger partial charge < -0.3 is 9.73 Å². The average molecular weight is 296 g/mol. The molecule has 2 heterocycles. The van der Waals surface area contributed by atoms with E-state index in [1.807, 2.05) is 26.0 Å². The van der Waals surface area contributed by atoms with Crippen molar-refractivity contribution in [2.75, 3.05) is 5.32 Å². The molecule has 2 aromatic rings. The van der Waals surface area contributed by atoms with Gasteiger partial charge in [-0.1, -0.05) is 18.5 Å². The van der Waals surface area contributed by atoms with Crippen LogP contribution in [0.1, 0.15) is 26.0 Å². The van der Waals surface area contributed by atoms with E-state index in [4.69, 9.17) is 16.0 Å². The minimum absolute atomic E-state index is 0.0851. The Morgan fingerprint density at radius 1 is 1.55 bits per heavy atom. The van der Waals surface area contributed by atoms with Gasteiger partial charge in [-0.05, 0) is 25.5 Å². The van der Waals surface area contributed by atoms with Crippen LogP contribution in [0.25, 0.3) is 0 Å². The lowest BCUT2D eigenvalue weighted by molar-refractivity contribution is 0.497. The number of aryl methyl sites for hydroxylation is 1. The Kier molecular flexibility index (Phi) is 4.84. The number of hydrogen-bond acceptors (Lipinski definition) is 4. The Bertz CT molecular complexity index is 607. The number of nitrogens with one attached hydrogen (secondary N) is 1. The second kappa shape index (κ2) is 6.61. The summed E-state index contributed by atoms with van der Waals surface area (Å²) in [6, 6.07) is 3.85. The van der Waals surface area contributed by atoms with Crippen molar-refractivity contribution in [3.8, 4) is 0 Å². The monoisotopic (exact) mass is 295 g/mol. The highest BCUT2D eigenvalue weighted by Gasteiger charge is 2.12. The maximum Gasteiger partial charge on any atom is 0.287 e. The van der Waals surface area contributed by atoms with Gasteiger partial charge >= 0.3 is 0 Å². The molecule has 2 rings (SSSR count). The summed E-state index contributed by atoms with van der Waals surface area (Å²) >= 11 is 6.10. The fraction of sp³-hybridized carbons (Fsp3) is 0.429. The first kappa shape index (κ1) is 14.7. The number of furan rings is 1. The second-order valence-corrected chi connectivity index (χ2v) is 5.11. The molecule has 0 aliphatic carbocycles. The Labute approximate surface area is 122 Å². The molecule has 0 bridgehead atoms. The van der Waals surface area contributed by atoms with Gasteiger partial charge in [-0.3, -0.25) is 4.79 Å². The first-order valence-corrected chi connectivity index (χ1v) is 7.04. The van der Waals surface area contributed by atoms with E-state index in [1.54, 1.807) is 12.5 Å². The Morgan fingerprint density at radius 2 is 2.35 bits per heavy atom. The fourth-order valence-electron chi connectivity index (χ4n) is 1.98. The minimum Gasteiger partial charge on any atom is -0.469 e. The standard InChI is InChI=1S/C14H18ClN3O2/c1-3-6-18-14(19)13(15)12(9-16-18)17-10(2)8-11-5-4-7-20-11/h4-5,7,9-10,17H,3,6,8H2,1-2H3. The van der Waals surface area contributed by atoms with Crippen LogP contribution in [0.15, 0.2) is 33.8 Å². The van der Waals surface area contributed by atoms with Crippen LogP contribution in [-0.2, 0) is 13.0 Å². The quantitative estimate of drug-likeness (QED) is 0.890. The van der Waals surface area contributed by atoms with E-state index in [2.05, 4.69) is 10.4 Å². The van der Waals surface area contributed by atoms with E-state index in [1.165, 1.54) is 4.68 Å². The van der Waals surface area contributed by atoms with Crippen molar-refractivity contribution in [3.63, 3.8) is 0 Å². The van der Waals surface area contributed by atoms with Crippen molar-refractivity contribution >= 4 is 17.3 Å². The summed E-state index contributed by atoms with van der Waals surface area (Å²) in [5.74, 6) is 0.883. The average Bonchev–Trinajstić information content (AvgIpc) is 2.91. The topological polar surface area (TPSA) is 60.1 Å². The Morgan fingerprint density at radius 3 is 3.00 bits per heavy atom. The molecule has 0 saturated carbocycles. The van der Waals surface area contributed by atoms with E-state index < -0.39 is 0 Å². The van der Waals surface area contributed by atoms with E-state index >= 15 is 0 Å². The van der Waals surface area contributed by atoms with Crippen molar-refractivity contribution in [3.05, 3.63) is 45.7 Å². The normalized spacial score (nSPS) is 12.3. The third-order valence-electron chi connectivity index (χ3n) is 2.91. The van der Waals surface area contributed by atoms with Crippen LogP contribution in [0.4, 0.5) is 5.69 Å². The zero-order valence-corrected chi connectivity index (χ0v) is 12.4. The SMILES string of the molecule is CCCn1ncc(NC(C)Cc2ccco2)c(Cl)c1=O. The van der Waals surface area contributed by atoms with Crippen molar-refractivity contribution in [1.82, 2.24) is 9.78 Å². The maximum absolute atomic E-state index is 12.0. The highest BCUT2D eigenvalue weighted by Crippen LogP contribution is 2.17. The molecule has 108 valence electrons. The summed E-state index contributed by atoms with van der Waals surface area (Å²) in [5.41, 5.74) is 0.298. The van der Waals surface area contributed by atoms with Gasteiger partial charge in [-0.25, -0.2) is 4.68 Å². The largest absolute Gasteiger partial charge is 0.469 e. The molecule has 1 atom stereocenters. The van der Waals surface area contributed by atoms with Crippen molar-refractivity contribution in [2.45, 2.75) is 39.3 Å². The molecule has 0 spiro atoms. The van der Waals surface area contributed by atoms with E-state index in [0.717, 1.165) is 12.2 Å². The summed E-state index contributed by atoms with van der Waals surface area (Å²) in [6.07, 6.45) is 4.78. The van der Waals surface area contributed by atoms with Crippen LogP contribution in [-0.4, -0.2) is 15.8 Å². The van der Waals surface area contributed by atoms with Crippen LogP contribution in [0.2, 0.25) is 5.02 Å². The molecule has 6 heteroatoms. The molecule has 0 fully saturated rings. The van der Waals surface area contributed by atoms with Gasteiger partial charge in [0, 0.05) is 19.0 Å². The predicted octanol–water partition coefficient (Wildman–Crippen LogP) is 2.94. The van der Waals surface area contributed by atoms with E-state index in [-0.39, 0.29) is 16.6 Å². The highest BCUT2D eigenvalue weighted by molar-refractivity contribution is 6.32. The first-order chi connectivity index (χ1) is 9.61. The summed E-state index contributed by atoms with van der Waals surface area (Å²) in [7, 11) is 0. The van der Waals surface area contributed by atoms with Crippen LogP contribution in [0.5, 0.6) is 0 Å². The van der Waals surface area contributed by atoms with Crippen molar-refractivity contribution in [2.24, 2.45) is 0 Å². The zero-order valence-electron chi connectivity index (χ0n) is 11.6. The molecule has 0 aromatic carbocycles. The van der Waals surface area contributed by atoms with E-state index in [9.17, 15) is 4.79 Å². The third kappa shape index (κ3) is 3.42. The first-order valence-electron chi connectivity index (χ1n) is 6.66. The Balaban J connectivity index is 2.09. The molecule has 2 aromatic heterocycles. The van der Waals surface area contributed by atoms with Crippen LogP contribution < -0.4 is 10.9 Å². The zero-order chi connectivity index (χ0) is 14.5. The molecule has 0 aliphatic heterocycles. The lowest BCUT2D eigenvalue weighted by atomic mass is 10.2. The minimum atomic E-state index is -0.260. The predicted molar refractivity (Wildman–Crippen MR) is 79.3 cm³/mol. The number of anilines is 1. The summed E-state index contributed by atoms with van der Waals surface area (Å²) in [4.78, 5) is 12.0. The van der Waals surface area contributed by atoms with Crippen LogP contribution in [0.3, 0.4) is 0 Å². The molecule has 1 N–H and O–H groups in total. The number of halogens is 1. The van der Waals surface area contributed by atoms with Gasteiger partial charge in [0.2, 0.25) is 0 Å². The maximum atomic E-state index is 12.0. The molecule has 0 aliphatic rings. The molecule has 1 unspecified atom stereocenters. The van der Waals surface area contributed by atoms with Gasteiger partial charge in [0.15, 0.2) is 0 Å². The number of aromatic nitrogens is 2. The smallest absolute Gasteiger partial charge is 0.287 e. The van der Waals surface area contributed by atoms with Gasteiger partial charge in [0.05, 0.1) is 18.1 Å². The number of rotatable bonds is 6. The highest BCUT2D eigenvalue weighted by atomic mass is 35.5. The van der Waals surface area contributed by atoms with Crippen LogP contribution >= 0.6 is 11.6 Å². The number of nitrogens with zero attached hydrogens (tertiary/aromatic N) is 2. The van der Waals surface area contributed by atoms with Gasteiger partial charge in [0.25, 0.3) is 5.56 Å². The lowest BCUT2D eigenvalue weighted by Gasteiger charge is -2.15. The van der Waals surface area contributed by atoms with Crippen molar-refractivity contribution in [1.29, 1.82) is 0 Å². The molecular formula is C14H18ClN3O2. The summed E-state index contributed by atoms with van der Waals surface area (Å²) in [5, 5.41) is 7.48. The Hall–Kier alpha value is -1.75. The third-order valence-corrected chi connectivity index (χ3v) is 3.27. The molecule has 5 nitrogen and oxygen atoms in total. The van der Waals surface area contributed by atoms with Gasteiger partial charge in [-0.2, -0.15) is 5.10 Å². The van der Waals surface area contributed by atoms with Crippen molar-refractivity contribution < 1.29 is 4.42 Å². The van der Waals surface area contributed by atoms with E-state index in [0.29, 0.717) is 18.7 Å². The fourth-order valence-corrected chi connectivity index (χ4v) is 2.18. The summed E-state index contributed by atoms with van der Waals surface area (Å²) in [6.45, 7) is 4.55. The molecule has 0 saturated heterocycles. The molecule has 0 radical (unpaired) electrons. The van der Waals surface area contributed by atoms with Gasteiger partial charge in [-0.15, -0.1) is 0 Å². The van der Waals surface area contributed by atoms with Crippen LogP contribution in [0, 0.1) is 0 Å². The van der Waals surface area contributed by atoms with Gasteiger partial charge in [0.1, 0.15) is 10.8 Å². The molecule has 20 heavy (non-hydrogen) atoms. The molecule has 0 amide bonds. The lowest BCUT2D eigenvalue weighted by Crippen LogP contribution is -2.26. The second-order valence-electron chi connectivity index (χ2n) is 4.73.